The maximum absolute atomic E-state index is 12.2. The van der Waals surface area contributed by atoms with Gasteiger partial charge in [0.2, 0.25) is 0 Å². The van der Waals surface area contributed by atoms with E-state index in [1.165, 1.54) is 20.8 Å². The molecule has 0 aromatic heterocycles. The average Bonchev–Trinajstić information content (AvgIpc) is 3.42. The Bertz CT molecular complexity index is 1050. The standard InChI is InChI=1S/C33H52O8/c1-18(27(39-20(3)35)16-28(30(5,6)37)40-21(4)36)24-9-10-25-23-15-29-33(41-29)17-22(38-19(2)34)11-14-32(33,8)26(23)12-13-31(24,25)7/h18,22-29,37H,9-17H2,1-8H3. The van der Waals surface area contributed by atoms with E-state index in [1.54, 1.807) is 13.8 Å². The topological polar surface area (TPSA) is 112 Å². The zero-order valence-electron chi connectivity index (χ0n) is 26.4. The fourth-order valence-electron chi connectivity index (χ4n) is 10.6. The van der Waals surface area contributed by atoms with Gasteiger partial charge in [-0.3, -0.25) is 14.4 Å². The molecule has 0 amide bonds. The number of aliphatic hydroxyl groups is 1. The van der Waals surface area contributed by atoms with E-state index in [-0.39, 0.29) is 52.9 Å². The Labute approximate surface area is 245 Å². The van der Waals surface area contributed by atoms with Crippen LogP contribution in [-0.2, 0) is 33.3 Å². The molecule has 232 valence electrons. The van der Waals surface area contributed by atoms with Gasteiger partial charge in [0.1, 0.15) is 23.9 Å². The summed E-state index contributed by atoms with van der Waals surface area (Å²) in [5.41, 5.74) is -1.18. The van der Waals surface area contributed by atoms with E-state index in [1.807, 2.05) is 0 Å². The van der Waals surface area contributed by atoms with Crippen LogP contribution in [0.4, 0.5) is 0 Å². The Hall–Kier alpha value is -1.67. The highest BCUT2D eigenvalue weighted by Gasteiger charge is 2.76. The van der Waals surface area contributed by atoms with Crippen LogP contribution in [0.25, 0.3) is 0 Å². The van der Waals surface area contributed by atoms with Crippen LogP contribution in [0.15, 0.2) is 0 Å². The van der Waals surface area contributed by atoms with Gasteiger partial charge in [-0.05, 0) is 93.8 Å². The minimum Gasteiger partial charge on any atom is -0.462 e. The first-order chi connectivity index (χ1) is 19.0. The third-order valence-corrected chi connectivity index (χ3v) is 12.5. The van der Waals surface area contributed by atoms with Gasteiger partial charge >= 0.3 is 17.9 Å². The minimum absolute atomic E-state index is 0.0365. The predicted octanol–water partition coefficient (Wildman–Crippen LogP) is 5.37. The zero-order valence-corrected chi connectivity index (χ0v) is 26.4. The first kappa shape index (κ1) is 30.8. The molecule has 0 bridgehead atoms. The fraction of sp³-hybridized carbons (Fsp3) is 0.909. The second kappa shape index (κ2) is 10.5. The van der Waals surface area contributed by atoms with Gasteiger partial charge in [0, 0.05) is 39.0 Å². The van der Waals surface area contributed by atoms with Crippen molar-refractivity contribution >= 4 is 17.9 Å². The Morgan fingerprint density at radius 1 is 0.951 bits per heavy atom. The van der Waals surface area contributed by atoms with Crippen LogP contribution in [-0.4, -0.2) is 58.6 Å². The van der Waals surface area contributed by atoms with E-state index in [9.17, 15) is 19.5 Å². The number of carbonyl (C=O) groups excluding carboxylic acids is 3. The first-order valence-corrected chi connectivity index (χ1v) is 15.9. The van der Waals surface area contributed by atoms with Crippen molar-refractivity contribution in [3.05, 3.63) is 0 Å². The average molecular weight is 577 g/mol. The maximum atomic E-state index is 12.2. The number of fused-ring (bicyclic) bond motifs is 4. The lowest BCUT2D eigenvalue weighted by atomic mass is 9.44. The number of rotatable bonds is 8. The van der Waals surface area contributed by atoms with Gasteiger partial charge in [0.05, 0.1) is 11.7 Å². The van der Waals surface area contributed by atoms with Gasteiger partial charge in [-0.15, -0.1) is 0 Å². The molecule has 8 nitrogen and oxygen atoms in total. The lowest BCUT2D eigenvalue weighted by molar-refractivity contribution is -0.171. The Kier molecular flexibility index (Phi) is 7.88. The molecule has 5 aliphatic rings. The molecule has 1 spiro atoms. The van der Waals surface area contributed by atoms with Crippen molar-refractivity contribution in [3.8, 4) is 0 Å². The highest BCUT2D eigenvalue weighted by atomic mass is 16.6. The molecule has 1 aliphatic heterocycles. The lowest BCUT2D eigenvalue weighted by Gasteiger charge is -2.59. The molecule has 5 rings (SSSR count). The van der Waals surface area contributed by atoms with Crippen LogP contribution in [0.3, 0.4) is 0 Å². The molecule has 4 saturated carbocycles. The smallest absolute Gasteiger partial charge is 0.303 e. The van der Waals surface area contributed by atoms with Gasteiger partial charge in [-0.2, -0.15) is 0 Å². The number of hydrogen-bond donors (Lipinski definition) is 1. The lowest BCUT2D eigenvalue weighted by Crippen LogP contribution is -2.59. The van der Waals surface area contributed by atoms with E-state index >= 15 is 0 Å². The number of ether oxygens (including phenoxy) is 4. The molecule has 8 heteroatoms. The highest BCUT2D eigenvalue weighted by Crippen LogP contribution is 2.74. The highest BCUT2D eigenvalue weighted by molar-refractivity contribution is 5.67. The molecular weight excluding hydrogens is 524 g/mol. The molecule has 0 aromatic carbocycles. The largest absolute Gasteiger partial charge is 0.462 e. The van der Waals surface area contributed by atoms with Crippen molar-refractivity contribution in [2.24, 2.45) is 40.4 Å². The van der Waals surface area contributed by atoms with Crippen molar-refractivity contribution in [1.29, 1.82) is 0 Å². The van der Waals surface area contributed by atoms with Crippen LogP contribution in [0.5, 0.6) is 0 Å². The van der Waals surface area contributed by atoms with E-state index in [2.05, 4.69) is 20.8 Å². The summed E-state index contributed by atoms with van der Waals surface area (Å²) in [5, 5.41) is 10.8. The van der Waals surface area contributed by atoms with E-state index in [0.717, 1.165) is 51.4 Å². The summed E-state index contributed by atoms with van der Waals surface area (Å²) in [6.07, 6.45) is 7.62. The summed E-state index contributed by atoms with van der Waals surface area (Å²) in [6, 6.07) is 0. The van der Waals surface area contributed by atoms with Gasteiger partial charge in [0.15, 0.2) is 0 Å². The van der Waals surface area contributed by atoms with Gasteiger partial charge in [-0.25, -0.2) is 0 Å². The summed E-state index contributed by atoms with van der Waals surface area (Å²) >= 11 is 0. The molecule has 0 radical (unpaired) electrons. The predicted molar refractivity (Wildman–Crippen MR) is 151 cm³/mol. The molecule has 41 heavy (non-hydrogen) atoms. The Morgan fingerprint density at radius 3 is 2.24 bits per heavy atom. The molecule has 5 fully saturated rings. The summed E-state index contributed by atoms with van der Waals surface area (Å²) in [4.78, 5) is 35.8. The van der Waals surface area contributed by atoms with Crippen LogP contribution in [0.2, 0.25) is 0 Å². The summed E-state index contributed by atoms with van der Waals surface area (Å²) < 4.78 is 23.7. The Morgan fingerprint density at radius 2 is 1.63 bits per heavy atom. The SMILES string of the molecule is CC(=O)OC1CCC2(C)C3CCC4(C)C(C(C)C(CC(OC(C)=O)C(C)(C)O)OC(C)=O)CCC4C3CC3OC32C1. The molecule has 1 N–H and O–H groups in total. The normalized spacial score (nSPS) is 43.2. The number of carbonyl (C=O) groups is 3. The van der Waals surface area contributed by atoms with Crippen molar-refractivity contribution in [2.75, 3.05) is 0 Å². The van der Waals surface area contributed by atoms with Gasteiger partial charge in [-0.1, -0.05) is 20.8 Å². The summed E-state index contributed by atoms with van der Waals surface area (Å²) in [5.74, 6) is 1.18. The third-order valence-electron chi connectivity index (χ3n) is 12.5. The van der Waals surface area contributed by atoms with Crippen LogP contribution in [0, 0.1) is 40.4 Å². The van der Waals surface area contributed by atoms with Crippen molar-refractivity contribution < 1.29 is 38.4 Å². The second-order valence-corrected chi connectivity index (χ2v) is 15.2. The number of esters is 3. The number of epoxide rings is 1. The van der Waals surface area contributed by atoms with Crippen LogP contribution < -0.4 is 0 Å². The molecular formula is C33H52O8. The zero-order chi connectivity index (χ0) is 30.1. The second-order valence-electron chi connectivity index (χ2n) is 15.2. The quantitative estimate of drug-likeness (QED) is 0.233. The van der Waals surface area contributed by atoms with E-state index in [0.29, 0.717) is 23.7 Å². The van der Waals surface area contributed by atoms with E-state index < -0.39 is 23.8 Å². The van der Waals surface area contributed by atoms with Crippen molar-refractivity contribution in [1.82, 2.24) is 0 Å². The number of hydrogen-bond acceptors (Lipinski definition) is 8. The van der Waals surface area contributed by atoms with Crippen molar-refractivity contribution in [3.63, 3.8) is 0 Å². The molecule has 1 heterocycles. The monoisotopic (exact) mass is 576 g/mol. The van der Waals surface area contributed by atoms with E-state index in [4.69, 9.17) is 18.9 Å². The Balaban J connectivity index is 1.35. The third kappa shape index (κ3) is 5.23. The molecule has 1 saturated heterocycles. The maximum Gasteiger partial charge on any atom is 0.303 e. The van der Waals surface area contributed by atoms with Gasteiger partial charge in [0.25, 0.3) is 0 Å². The molecule has 12 unspecified atom stereocenters. The fourth-order valence-corrected chi connectivity index (χ4v) is 10.6. The minimum atomic E-state index is -1.26. The molecule has 12 atom stereocenters. The van der Waals surface area contributed by atoms with Gasteiger partial charge < -0.3 is 24.1 Å². The van der Waals surface area contributed by atoms with Crippen molar-refractivity contribution in [2.45, 2.75) is 149 Å². The molecule has 0 aromatic rings. The summed E-state index contributed by atoms with van der Waals surface area (Å²) in [6.45, 7) is 14.6. The summed E-state index contributed by atoms with van der Waals surface area (Å²) in [7, 11) is 0. The van der Waals surface area contributed by atoms with Crippen LogP contribution in [0.1, 0.15) is 113 Å². The molecule has 4 aliphatic carbocycles. The van der Waals surface area contributed by atoms with Crippen LogP contribution >= 0.6 is 0 Å². The first-order valence-electron chi connectivity index (χ1n) is 15.9.